The van der Waals surface area contributed by atoms with Gasteiger partial charge in [0, 0.05) is 26.1 Å². The lowest BCUT2D eigenvalue weighted by Gasteiger charge is -2.34. The van der Waals surface area contributed by atoms with Gasteiger partial charge in [-0.3, -0.25) is 4.79 Å². The number of carbonyl (C=O) groups excluding carboxylic acids is 1. The summed E-state index contributed by atoms with van der Waals surface area (Å²) in [6, 6.07) is 3.92. The molecule has 1 aromatic carbocycles. The Morgan fingerprint density at radius 2 is 2.14 bits per heavy atom. The van der Waals surface area contributed by atoms with Crippen LogP contribution >= 0.6 is 39.9 Å². The lowest BCUT2D eigenvalue weighted by atomic mass is 9.95. The summed E-state index contributed by atoms with van der Waals surface area (Å²) in [6.07, 6.45) is 2.49. The standard InChI is InChI=1S/C19H29BrN4O3.HI/c1-4-22-19(24-7-5-6-13(12-24)10-17(21)25)23-11-14-8-15(20)18(27-3)16(9-14)26-2;/h8-9,13H,4-7,10-12H2,1-3H3,(H2,21,25)(H,22,23);1H. The van der Waals surface area contributed by atoms with Crippen LogP contribution in [0, 0.1) is 5.92 Å². The Morgan fingerprint density at radius 1 is 1.39 bits per heavy atom. The molecule has 0 radical (unpaired) electrons. The van der Waals surface area contributed by atoms with E-state index in [0.717, 1.165) is 48.5 Å². The number of nitrogens with one attached hydrogen (secondary N) is 1. The number of benzene rings is 1. The van der Waals surface area contributed by atoms with Crippen molar-refractivity contribution in [3.63, 3.8) is 0 Å². The summed E-state index contributed by atoms with van der Waals surface area (Å²) in [5.41, 5.74) is 6.39. The minimum Gasteiger partial charge on any atom is -0.493 e. The average Bonchev–Trinajstić information content (AvgIpc) is 2.64. The molecule has 3 N–H and O–H groups in total. The maximum atomic E-state index is 11.3. The van der Waals surface area contributed by atoms with E-state index in [9.17, 15) is 4.79 Å². The molecular weight excluding hydrogens is 539 g/mol. The predicted molar refractivity (Wildman–Crippen MR) is 126 cm³/mol. The number of carbonyl (C=O) groups is 1. The quantitative estimate of drug-likeness (QED) is 0.300. The van der Waals surface area contributed by atoms with E-state index in [1.165, 1.54) is 0 Å². The number of nitrogens with two attached hydrogens (primary N) is 1. The predicted octanol–water partition coefficient (Wildman–Crippen LogP) is 3.14. The first-order valence-electron chi connectivity index (χ1n) is 9.20. The van der Waals surface area contributed by atoms with E-state index in [4.69, 9.17) is 20.2 Å². The highest BCUT2D eigenvalue weighted by Crippen LogP contribution is 2.36. The van der Waals surface area contributed by atoms with Crippen LogP contribution in [-0.4, -0.2) is 50.6 Å². The molecule has 2 rings (SSSR count). The lowest BCUT2D eigenvalue weighted by Crippen LogP contribution is -2.47. The summed E-state index contributed by atoms with van der Waals surface area (Å²) in [4.78, 5) is 18.3. The number of methoxy groups -OCH3 is 2. The molecule has 1 saturated heterocycles. The summed E-state index contributed by atoms with van der Waals surface area (Å²) in [6.45, 7) is 5.07. The third-order valence-electron chi connectivity index (χ3n) is 4.55. The van der Waals surface area contributed by atoms with Gasteiger partial charge in [-0.15, -0.1) is 24.0 Å². The molecule has 1 heterocycles. The minimum atomic E-state index is -0.237. The summed E-state index contributed by atoms with van der Waals surface area (Å²) in [5, 5.41) is 3.35. The van der Waals surface area contributed by atoms with Crippen molar-refractivity contribution in [3.8, 4) is 11.5 Å². The Labute approximate surface area is 192 Å². The Hall–Kier alpha value is -1.23. The van der Waals surface area contributed by atoms with Crippen molar-refractivity contribution in [2.45, 2.75) is 32.7 Å². The van der Waals surface area contributed by atoms with Gasteiger partial charge in [0.15, 0.2) is 17.5 Å². The number of primary amides is 1. The number of likely N-dealkylation sites (tertiary alicyclic amines) is 1. The number of rotatable bonds is 7. The first kappa shape index (κ1) is 24.8. The molecule has 1 aliphatic heterocycles. The maximum absolute atomic E-state index is 11.3. The fraction of sp³-hybridized carbons (Fsp3) is 0.579. The molecule has 28 heavy (non-hydrogen) atoms. The number of ether oxygens (including phenoxy) is 2. The fourth-order valence-corrected chi connectivity index (χ4v) is 4.01. The Kier molecular flexibility index (Phi) is 10.9. The van der Waals surface area contributed by atoms with E-state index in [0.29, 0.717) is 24.5 Å². The van der Waals surface area contributed by atoms with Crippen LogP contribution in [0.4, 0.5) is 0 Å². The highest BCUT2D eigenvalue weighted by molar-refractivity contribution is 14.0. The minimum absolute atomic E-state index is 0. The van der Waals surface area contributed by atoms with Crippen molar-refractivity contribution in [1.29, 1.82) is 0 Å². The van der Waals surface area contributed by atoms with Crippen LogP contribution in [0.2, 0.25) is 0 Å². The molecule has 1 fully saturated rings. The summed E-state index contributed by atoms with van der Waals surface area (Å²) < 4.78 is 11.6. The number of amides is 1. The molecule has 0 aromatic heterocycles. The Bertz CT molecular complexity index is 687. The molecule has 158 valence electrons. The highest BCUT2D eigenvalue weighted by atomic mass is 127. The van der Waals surface area contributed by atoms with Gasteiger partial charge in [-0.05, 0) is 59.3 Å². The molecule has 9 heteroatoms. The molecule has 0 spiro atoms. The van der Waals surface area contributed by atoms with Crippen LogP contribution in [0.25, 0.3) is 0 Å². The van der Waals surface area contributed by atoms with Crippen molar-refractivity contribution in [3.05, 3.63) is 22.2 Å². The third-order valence-corrected chi connectivity index (χ3v) is 5.14. The molecule has 1 unspecified atom stereocenters. The number of hydrogen-bond donors (Lipinski definition) is 2. The average molecular weight is 569 g/mol. The van der Waals surface area contributed by atoms with Crippen molar-refractivity contribution in [2.75, 3.05) is 33.9 Å². The summed E-state index contributed by atoms with van der Waals surface area (Å²) in [7, 11) is 3.23. The SMILES string of the molecule is CCNC(=NCc1cc(Br)c(OC)c(OC)c1)N1CCCC(CC(N)=O)C1.I. The number of piperidine rings is 1. The molecule has 0 saturated carbocycles. The van der Waals surface area contributed by atoms with E-state index < -0.39 is 0 Å². The van der Waals surface area contributed by atoms with Gasteiger partial charge in [0.2, 0.25) is 5.91 Å². The normalized spacial score (nSPS) is 16.9. The first-order chi connectivity index (χ1) is 13.0. The molecule has 1 amide bonds. The fourth-order valence-electron chi connectivity index (χ4n) is 3.36. The van der Waals surface area contributed by atoms with Gasteiger partial charge in [0.1, 0.15) is 0 Å². The van der Waals surface area contributed by atoms with Crippen LogP contribution < -0.4 is 20.5 Å². The van der Waals surface area contributed by atoms with Gasteiger partial charge in [0.25, 0.3) is 0 Å². The second-order valence-corrected chi connectivity index (χ2v) is 7.46. The zero-order valence-corrected chi connectivity index (χ0v) is 20.6. The lowest BCUT2D eigenvalue weighted by molar-refractivity contribution is -0.119. The Balaban J connectivity index is 0.00000392. The first-order valence-corrected chi connectivity index (χ1v) is 9.99. The van der Waals surface area contributed by atoms with Crippen molar-refractivity contribution in [2.24, 2.45) is 16.6 Å². The summed E-state index contributed by atoms with van der Waals surface area (Å²) >= 11 is 3.52. The van der Waals surface area contributed by atoms with Gasteiger partial charge in [0.05, 0.1) is 25.2 Å². The molecule has 1 atom stereocenters. The molecule has 1 aliphatic rings. The zero-order valence-electron chi connectivity index (χ0n) is 16.7. The third kappa shape index (κ3) is 6.98. The van der Waals surface area contributed by atoms with E-state index in [2.05, 4.69) is 26.1 Å². The van der Waals surface area contributed by atoms with Crippen LogP contribution in [0.1, 0.15) is 31.7 Å². The maximum Gasteiger partial charge on any atom is 0.217 e. The van der Waals surface area contributed by atoms with Crippen LogP contribution in [0.5, 0.6) is 11.5 Å². The number of nitrogens with zero attached hydrogens (tertiary/aromatic N) is 2. The number of aliphatic imine (C=N–C) groups is 1. The Morgan fingerprint density at radius 3 is 2.75 bits per heavy atom. The van der Waals surface area contributed by atoms with Gasteiger partial charge in [-0.1, -0.05) is 0 Å². The number of halogens is 2. The zero-order chi connectivity index (χ0) is 19.8. The van der Waals surface area contributed by atoms with Crippen LogP contribution in [-0.2, 0) is 11.3 Å². The second kappa shape index (κ2) is 12.4. The highest BCUT2D eigenvalue weighted by Gasteiger charge is 2.23. The number of guanidine groups is 1. The van der Waals surface area contributed by atoms with Gasteiger partial charge < -0.3 is 25.4 Å². The molecular formula is C19H30BrIN4O3. The topological polar surface area (TPSA) is 89.2 Å². The molecule has 0 bridgehead atoms. The molecule has 1 aromatic rings. The van der Waals surface area contributed by atoms with Crippen molar-refractivity contribution in [1.82, 2.24) is 10.2 Å². The van der Waals surface area contributed by atoms with Crippen LogP contribution in [0.3, 0.4) is 0 Å². The van der Waals surface area contributed by atoms with E-state index in [-0.39, 0.29) is 35.8 Å². The van der Waals surface area contributed by atoms with Crippen LogP contribution in [0.15, 0.2) is 21.6 Å². The van der Waals surface area contributed by atoms with E-state index in [1.54, 1.807) is 14.2 Å². The molecule has 0 aliphatic carbocycles. The van der Waals surface area contributed by atoms with E-state index in [1.807, 2.05) is 19.1 Å². The van der Waals surface area contributed by atoms with Gasteiger partial charge in [-0.25, -0.2) is 4.99 Å². The van der Waals surface area contributed by atoms with Gasteiger partial charge in [-0.2, -0.15) is 0 Å². The van der Waals surface area contributed by atoms with Crippen molar-refractivity contribution >= 4 is 51.8 Å². The smallest absolute Gasteiger partial charge is 0.217 e. The van der Waals surface area contributed by atoms with Gasteiger partial charge >= 0.3 is 0 Å². The van der Waals surface area contributed by atoms with Crippen molar-refractivity contribution < 1.29 is 14.3 Å². The monoisotopic (exact) mass is 568 g/mol. The summed E-state index contributed by atoms with van der Waals surface area (Å²) in [5.74, 6) is 2.25. The van der Waals surface area contributed by atoms with E-state index >= 15 is 0 Å². The number of hydrogen-bond acceptors (Lipinski definition) is 4. The molecule has 7 nitrogen and oxygen atoms in total. The largest absolute Gasteiger partial charge is 0.493 e. The second-order valence-electron chi connectivity index (χ2n) is 6.61.